The lowest BCUT2D eigenvalue weighted by molar-refractivity contribution is -0.143. The van der Waals surface area contributed by atoms with Gasteiger partial charge in [-0.1, -0.05) is 5.21 Å². The predicted octanol–water partition coefficient (Wildman–Crippen LogP) is 1.80. The lowest BCUT2D eigenvalue weighted by Crippen LogP contribution is -2.15. The number of aromatic nitrogens is 3. The fourth-order valence-electron chi connectivity index (χ4n) is 1.84. The van der Waals surface area contributed by atoms with Crippen LogP contribution in [0.4, 0.5) is 13.2 Å². The highest BCUT2D eigenvalue weighted by atomic mass is 19.4. The summed E-state index contributed by atoms with van der Waals surface area (Å²) in [5, 5.41) is 15.8. The van der Waals surface area contributed by atoms with E-state index in [0.29, 0.717) is 10.4 Å². The maximum atomic E-state index is 13.1. The van der Waals surface area contributed by atoms with Gasteiger partial charge in [0.1, 0.15) is 5.69 Å². The van der Waals surface area contributed by atoms with E-state index >= 15 is 0 Å². The maximum absolute atomic E-state index is 13.1. The van der Waals surface area contributed by atoms with Gasteiger partial charge in [0.25, 0.3) is 0 Å². The van der Waals surface area contributed by atoms with E-state index in [9.17, 15) is 13.2 Å². The second kappa shape index (κ2) is 5.60. The maximum Gasteiger partial charge on any atom is 0.435 e. The van der Waals surface area contributed by atoms with Gasteiger partial charge in [0, 0.05) is 6.07 Å². The van der Waals surface area contributed by atoms with Crippen molar-refractivity contribution in [1.82, 2.24) is 15.0 Å². The van der Waals surface area contributed by atoms with E-state index in [2.05, 4.69) is 10.3 Å². The first-order chi connectivity index (χ1) is 9.92. The Bertz CT molecular complexity index is 640. The van der Waals surface area contributed by atoms with E-state index in [1.807, 2.05) is 0 Å². The van der Waals surface area contributed by atoms with Crippen LogP contribution in [-0.2, 0) is 12.8 Å². The summed E-state index contributed by atoms with van der Waals surface area (Å²) in [5.74, 6) is 0.626. The van der Waals surface area contributed by atoms with Crippen LogP contribution in [0.2, 0.25) is 0 Å². The summed E-state index contributed by atoms with van der Waals surface area (Å²) in [5.41, 5.74) is -1.58. The molecule has 0 saturated carbocycles. The van der Waals surface area contributed by atoms with Gasteiger partial charge < -0.3 is 14.6 Å². The van der Waals surface area contributed by atoms with Gasteiger partial charge in [0.05, 0.1) is 26.5 Å². The van der Waals surface area contributed by atoms with Crippen LogP contribution in [0.15, 0.2) is 18.2 Å². The van der Waals surface area contributed by atoms with Crippen molar-refractivity contribution in [2.24, 2.45) is 0 Å². The zero-order valence-electron chi connectivity index (χ0n) is 11.2. The summed E-state index contributed by atoms with van der Waals surface area (Å²) < 4.78 is 49.9. The molecule has 9 heteroatoms. The van der Waals surface area contributed by atoms with Crippen LogP contribution in [0.1, 0.15) is 11.4 Å². The van der Waals surface area contributed by atoms with Crippen LogP contribution in [0.5, 0.6) is 11.5 Å². The van der Waals surface area contributed by atoms with Crippen LogP contribution in [0.25, 0.3) is 5.69 Å². The zero-order chi connectivity index (χ0) is 15.6. The van der Waals surface area contributed by atoms with E-state index in [4.69, 9.17) is 14.6 Å². The number of rotatable bonds is 4. The summed E-state index contributed by atoms with van der Waals surface area (Å²) in [4.78, 5) is 0. The number of nitrogens with zero attached hydrogens (tertiary/aromatic N) is 3. The smallest absolute Gasteiger partial charge is 0.435 e. The molecule has 0 aliphatic carbocycles. The Hall–Kier alpha value is -2.29. The third-order valence-electron chi connectivity index (χ3n) is 2.77. The molecule has 1 aromatic carbocycles. The number of hydrogen-bond acceptors (Lipinski definition) is 5. The monoisotopic (exact) mass is 303 g/mol. The van der Waals surface area contributed by atoms with Crippen LogP contribution in [-0.4, -0.2) is 34.3 Å². The van der Waals surface area contributed by atoms with Gasteiger partial charge in [-0.15, -0.1) is 5.10 Å². The van der Waals surface area contributed by atoms with Gasteiger partial charge in [-0.2, -0.15) is 13.2 Å². The Kier molecular flexibility index (Phi) is 4.03. The van der Waals surface area contributed by atoms with Crippen molar-refractivity contribution in [3.8, 4) is 17.2 Å². The average Bonchev–Trinajstić information content (AvgIpc) is 2.90. The molecule has 0 atom stereocenters. The third-order valence-corrected chi connectivity index (χ3v) is 2.77. The standard InChI is InChI=1S/C12H12F3N3O3/c1-20-9-4-3-7(5-10(9)21-2)18-11(12(13,14)15)8(6-19)16-17-18/h3-5,19H,6H2,1-2H3. The summed E-state index contributed by atoms with van der Waals surface area (Å²) in [6.45, 7) is -0.859. The molecule has 0 unspecified atom stereocenters. The largest absolute Gasteiger partial charge is 0.493 e. The van der Waals surface area contributed by atoms with Crippen molar-refractivity contribution in [2.45, 2.75) is 12.8 Å². The van der Waals surface area contributed by atoms with Gasteiger partial charge in [0.2, 0.25) is 0 Å². The SMILES string of the molecule is COc1ccc(-n2nnc(CO)c2C(F)(F)F)cc1OC. The molecule has 0 spiro atoms. The first-order valence-electron chi connectivity index (χ1n) is 5.77. The fraction of sp³-hybridized carbons (Fsp3) is 0.333. The van der Waals surface area contributed by atoms with Crippen molar-refractivity contribution in [1.29, 1.82) is 0 Å². The number of aliphatic hydroxyl groups excluding tert-OH is 1. The number of alkyl halides is 3. The molecule has 0 aliphatic heterocycles. The van der Waals surface area contributed by atoms with Crippen molar-refractivity contribution in [3.05, 3.63) is 29.6 Å². The summed E-state index contributed by atoms with van der Waals surface area (Å²) in [6.07, 6.45) is -4.70. The van der Waals surface area contributed by atoms with Gasteiger partial charge in [-0.25, -0.2) is 4.68 Å². The van der Waals surface area contributed by atoms with Gasteiger partial charge in [0.15, 0.2) is 17.2 Å². The van der Waals surface area contributed by atoms with E-state index in [-0.39, 0.29) is 11.4 Å². The highest BCUT2D eigenvalue weighted by molar-refractivity contribution is 5.49. The topological polar surface area (TPSA) is 69.4 Å². The van der Waals surface area contributed by atoms with Gasteiger partial charge in [-0.05, 0) is 12.1 Å². The molecule has 21 heavy (non-hydrogen) atoms. The molecule has 2 aromatic rings. The Morgan fingerprint density at radius 1 is 1.19 bits per heavy atom. The molecule has 0 fully saturated rings. The van der Waals surface area contributed by atoms with Crippen LogP contribution in [0, 0.1) is 0 Å². The van der Waals surface area contributed by atoms with E-state index in [1.54, 1.807) is 0 Å². The second-order valence-corrected chi connectivity index (χ2v) is 3.99. The number of hydrogen-bond donors (Lipinski definition) is 1. The van der Waals surface area contributed by atoms with E-state index in [1.165, 1.54) is 32.4 Å². The molecule has 6 nitrogen and oxygen atoms in total. The molecule has 2 rings (SSSR count). The number of aliphatic hydroxyl groups is 1. The predicted molar refractivity (Wildman–Crippen MR) is 65.4 cm³/mol. The molecule has 0 saturated heterocycles. The highest BCUT2D eigenvalue weighted by Gasteiger charge is 2.39. The number of methoxy groups -OCH3 is 2. The summed E-state index contributed by atoms with van der Waals surface area (Å²) in [7, 11) is 2.78. The Morgan fingerprint density at radius 2 is 1.86 bits per heavy atom. The van der Waals surface area contributed by atoms with Crippen molar-refractivity contribution in [2.75, 3.05) is 14.2 Å². The first-order valence-corrected chi connectivity index (χ1v) is 5.77. The molecular weight excluding hydrogens is 291 g/mol. The zero-order valence-corrected chi connectivity index (χ0v) is 11.2. The number of halogens is 3. The van der Waals surface area contributed by atoms with E-state index in [0.717, 1.165) is 0 Å². The third kappa shape index (κ3) is 2.77. The molecule has 0 radical (unpaired) electrons. The van der Waals surface area contributed by atoms with Crippen molar-refractivity contribution in [3.63, 3.8) is 0 Å². The first kappa shape index (κ1) is 15.1. The lowest BCUT2D eigenvalue weighted by Gasteiger charge is -2.13. The van der Waals surface area contributed by atoms with Crippen molar-refractivity contribution >= 4 is 0 Å². The molecule has 1 aromatic heterocycles. The normalized spacial score (nSPS) is 11.5. The minimum absolute atomic E-state index is 0.0900. The molecule has 1 N–H and O–H groups in total. The average molecular weight is 303 g/mol. The quantitative estimate of drug-likeness (QED) is 0.932. The van der Waals surface area contributed by atoms with Crippen LogP contribution in [0.3, 0.4) is 0 Å². The minimum atomic E-state index is -4.70. The summed E-state index contributed by atoms with van der Waals surface area (Å²) >= 11 is 0. The summed E-state index contributed by atoms with van der Waals surface area (Å²) in [6, 6.07) is 4.17. The number of benzene rings is 1. The Labute approximate surface area is 117 Å². The number of ether oxygens (including phenoxy) is 2. The Balaban J connectivity index is 2.60. The van der Waals surface area contributed by atoms with Gasteiger partial charge >= 0.3 is 6.18 Å². The van der Waals surface area contributed by atoms with Gasteiger partial charge in [-0.3, -0.25) is 0 Å². The Morgan fingerprint density at radius 3 is 2.38 bits per heavy atom. The van der Waals surface area contributed by atoms with Crippen LogP contribution < -0.4 is 9.47 Å². The van der Waals surface area contributed by atoms with E-state index < -0.39 is 24.2 Å². The minimum Gasteiger partial charge on any atom is -0.493 e. The molecular formula is C12H12F3N3O3. The molecule has 1 heterocycles. The van der Waals surface area contributed by atoms with Crippen molar-refractivity contribution < 1.29 is 27.8 Å². The second-order valence-electron chi connectivity index (χ2n) is 3.99. The molecule has 114 valence electrons. The van der Waals surface area contributed by atoms with Crippen LogP contribution >= 0.6 is 0 Å². The molecule has 0 amide bonds. The fourth-order valence-corrected chi connectivity index (χ4v) is 1.84. The highest BCUT2D eigenvalue weighted by Crippen LogP contribution is 2.35. The molecule has 0 aliphatic rings. The lowest BCUT2D eigenvalue weighted by atomic mass is 10.2. The molecule has 0 bridgehead atoms.